The third-order valence-corrected chi connectivity index (χ3v) is 5.14. The van der Waals surface area contributed by atoms with E-state index in [4.69, 9.17) is 9.47 Å². The van der Waals surface area contributed by atoms with Crippen LogP contribution in [0.5, 0.6) is 5.75 Å². The van der Waals surface area contributed by atoms with Crippen LogP contribution in [-0.2, 0) is 9.53 Å². The third kappa shape index (κ3) is 7.13. The maximum atomic E-state index is 11.9. The molecule has 2 N–H and O–H groups in total. The number of carbonyl (C=O) groups is 3. The van der Waals surface area contributed by atoms with E-state index >= 15 is 0 Å². The Hall–Kier alpha value is -2.81. The molecule has 3 rings (SSSR count). The quantitative estimate of drug-likeness (QED) is 0.716. The van der Waals surface area contributed by atoms with Crippen molar-refractivity contribution in [2.24, 2.45) is 0 Å². The van der Waals surface area contributed by atoms with Gasteiger partial charge in [-0.25, -0.2) is 9.59 Å². The average molecular weight is 433 g/mol. The molecule has 0 aliphatic carbocycles. The Morgan fingerprint density at radius 2 is 1.81 bits per heavy atom. The van der Waals surface area contributed by atoms with Crippen molar-refractivity contribution in [1.29, 1.82) is 0 Å². The van der Waals surface area contributed by atoms with Gasteiger partial charge in [0.25, 0.3) is 0 Å². The van der Waals surface area contributed by atoms with Gasteiger partial charge in [0.1, 0.15) is 17.5 Å². The van der Waals surface area contributed by atoms with Gasteiger partial charge in [-0.2, -0.15) is 0 Å². The van der Waals surface area contributed by atoms with E-state index in [1.54, 1.807) is 4.90 Å². The predicted molar refractivity (Wildman–Crippen MR) is 116 cm³/mol. The number of nitrogens with one attached hydrogen (secondary N) is 2. The lowest BCUT2D eigenvalue weighted by Gasteiger charge is -2.32. The van der Waals surface area contributed by atoms with Crippen molar-refractivity contribution in [2.75, 3.05) is 37.6 Å². The number of rotatable bonds is 6. The minimum Gasteiger partial charge on any atom is -0.490 e. The Balaban J connectivity index is 1.37. The second kappa shape index (κ2) is 10.00. The first-order valence-electron chi connectivity index (χ1n) is 10.8. The average Bonchev–Trinajstić information content (AvgIpc) is 2.69. The summed E-state index contributed by atoms with van der Waals surface area (Å²) < 4.78 is 11.3. The molecule has 31 heavy (non-hydrogen) atoms. The molecule has 0 saturated carbocycles. The predicted octanol–water partition coefficient (Wildman–Crippen LogP) is 2.50. The molecular weight excluding hydrogens is 400 g/mol. The lowest BCUT2D eigenvalue weighted by molar-refractivity contribution is -0.120. The first kappa shape index (κ1) is 22.9. The van der Waals surface area contributed by atoms with Crippen LogP contribution in [0, 0.1) is 0 Å². The summed E-state index contributed by atoms with van der Waals surface area (Å²) in [6, 6.07) is 7.00. The number of amides is 4. The number of anilines is 1. The van der Waals surface area contributed by atoms with Gasteiger partial charge >= 0.3 is 12.1 Å². The summed E-state index contributed by atoms with van der Waals surface area (Å²) >= 11 is 0. The van der Waals surface area contributed by atoms with Gasteiger partial charge in [0.2, 0.25) is 5.91 Å². The highest BCUT2D eigenvalue weighted by Crippen LogP contribution is 2.24. The molecule has 9 nitrogen and oxygen atoms in total. The summed E-state index contributed by atoms with van der Waals surface area (Å²) in [5, 5.41) is 5.11. The fraction of sp³-hybridized carbons (Fsp3) is 0.591. The molecular formula is C22H32N4O5. The maximum absolute atomic E-state index is 11.9. The van der Waals surface area contributed by atoms with Gasteiger partial charge in [-0.15, -0.1) is 0 Å². The van der Waals surface area contributed by atoms with Crippen LogP contribution in [0.3, 0.4) is 0 Å². The molecule has 2 heterocycles. The number of alkyl carbamates (subject to hydrolysis) is 1. The molecule has 2 aliphatic rings. The molecule has 0 atom stereocenters. The number of hydrogen-bond donors (Lipinski definition) is 2. The minimum absolute atomic E-state index is 0.136. The molecule has 2 fully saturated rings. The van der Waals surface area contributed by atoms with E-state index in [0.717, 1.165) is 43.9 Å². The summed E-state index contributed by atoms with van der Waals surface area (Å²) in [5.41, 5.74) is 0.252. The molecule has 170 valence electrons. The number of imide groups is 1. The van der Waals surface area contributed by atoms with Crippen molar-refractivity contribution < 1.29 is 23.9 Å². The number of likely N-dealkylation sites (tertiary alicyclic amines) is 1. The lowest BCUT2D eigenvalue weighted by atomic mass is 10.1. The highest BCUT2D eigenvalue weighted by molar-refractivity contribution is 6.05. The number of ether oxygens (including phenoxy) is 2. The minimum atomic E-state index is -0.489. The third-order valence-electron chi connectivity index (χ3n) is 5.14. The molecule has 0 spiro atoms. The second-order valence-electron chi connectivity index (χ2n) is 8.84. The van der Waals surface area contributed by atoms with Crippen molar-refractivity contribution in [1.82, 2.24) is 15.5 Å². The number of benzene rings is 1. The summed E-state index contributed by atoms with van der Waals surface area (Å²) in [5.74, 6) is 0.524. The zero-order chi connectivity index (χ0) is 22.4. The zero-order valence-corrected chi connectivity index (χ0v) is 18.5. The van der Waals surface area contributed by atoms with Gasteiger partial charge in [0.15, 0.2) is 0 Å². The van der Waals surface area contributed by atoms with E-state index in [1.807, 2.05) is 45.0 Å². The van der Waals surface area contributed by atoms with E-state index in [1.165, 1.54) is 0 Å². The largest absolute Gasteiger partial charge is 0.490 e. The van der Waals surface area contributed by atoms with Gasteiger partial charge in [-0.1, -0.05) is 0 Å². The Morgan fingerprint density at radius 1 is 1.13 bits per heavy atom. The van der Waals surface area contributed by atoms with Gasteiger partial charge in [-0.05, 0) is 57.9 Å². The SMILES string of the molecule is CC(C)(C)OC(=O)NCCN1CCC(Oc2ccc(N3CCC(=O)NC3=O)cc2)CC1. The van der Waals surface area contributed by atoms with Crippen LogP contribution in [-0.4, -0.2) is 67.4 Å². The summed E-state index contributed by atoms with van der Waals surface area (Å²) in [6.45, 7) is 9.05. The van der Waals surface area contributed by atoms with E-state index in [-0.39, 0.29) is 18.1 Å². The van der Waals surface area contributed by atoms with E-state index in [9.17, 15) is 14.4 Å². The van der Waals surface area contributed by atoms with E-state index in [2.05, 4.69) is 15.5 Å². The molecule has 9 heteroatoms. The molecule has 1 aromatic rings. The molecule has 4 amide bonds. The van der Waals surface area contributed by atoms with Gasteiger partial charge in [-0.3, -0.25) is 15.0 Å². The topological polar surface area (TPSA) is 100 Å². The van der Waals surface area contributed by atoms with Crippen molar-refractivity contribution in [2.45, 2.75) is 51.7 Å². The van der Waals surface area contributed by atoms with Crippen LogP contribution in [0.4, 0.5) is 15.3 Å². The molecule has 0 unspecified atom stereocenters. The summed E-state index contributed by atoms with van der Waals surface area (Å²) in [4.78, 5) is 38.8. The fourth-order valence-corrected chi connectivity index (χ4v) is 3.59. The molecule has 0 aromatic heterocycles. The van der Waals surface area contributed by atoms with Gasteiger partial charge < -0.3 is 19.7 Å². The molecule has 1 aromatic carbocycles. The fourth-order valence-electron chi connectivity index (χ4n) is 3.59. The van der Waals surface area contributed by atoms with Gasteiger partial charge in [0.05, 0.1) is 0 Å². The van der Waals surface area contributed by atoms with Crippen molar-refractivity contribution in [3.63, 3.8) is 0 Å². The maximum Gasteiger partial charge on any atom is 0.407 e. The molecule has 0 radical (unpaired) electrons. The van der Waals surface area contributed by atoms with Crippen molar-refractivity contribution in [3.05, 3.63) is 24.3 Å². The number of nitrogens with zero attached hydrogens (tertiary/aromatic N) is 2. The van der Waals surface area contributed by atoms with Crippen LogP contribution < -0.4 is 20.3 Å². The lowest BCUT2D eigenvalue weighted by Crippen LogP contribution is -2.49. The number of piperidine rings is 1. The van der Waals surface area contributed by atoms with Crippen molar-refractivity contribution in [3.8, 4) is 5.75 Å². The van der Waals surface area contributed by atoms with Crippen LogP contribution in [0.2, 0.25) is 0 Å². The number of urea groups is 1. The van der Waals surface area contributed by atoms with Crippen LogP contribution in [0.1, 0.15) is 40.0 Å². The van der Waals surface area contributed by atoms with E-state index in [0.29, 0.717) is 19.5 Å². The Bertz CT molecular complexity index is 782. The Kier molecular flexibility index (Phi) is 7.37. The smallest absolute Gasteiger partial charge is 0.407 e. The van der Waals surface area contributed by atoms with Crippen LogP contribution in [0.15, 0.2) is 24.3 Å². The summed E-state index contributed by atoms with van der Waals surface area (Å²) in [7, 11) is 0. The van der Waals surface area contributed by atoms with E-state index < -0.39 is 11.6 Å². The first-order valence-corrected chi connectivity index (χ1v) is 10.8. The van der Waals surface area contributed by atoms with Crippen LogP contribution in [0.25, 0.3) is 0 Å². The monoisotopic (exact) mass is 432 g/mol. The normalized spacial score (nSPS) is 18.5. The highest BCUT2D eigenvalue weighted by atomic mass is 16.6. The van der Waals surface area contributed by atoms with Gasteiger partial charge in [0, 0.05) is 44.8 Å². The first-order chi connectivity index (χ1) is 14.7. The number of carbonyl (C=O) groups excluding carboxylic acids is 3. The highest BCUT2D eigenvalue weighted by Gasteiger charge is 2.25. The van der Waals surface area contributed by atoms with Crippen LogP contribution >= 0.6 is 0 Å². The second-order valence-corrected chi connectivity index (χ2v) is 8.84. The standard InChI is InChI=1S/C22H32N4O5/c1-22(2,3)31-21(29)23-11-15-25-12-8-18(9-13-25)30-17-6-4-16(5-7-17)26-14-10-19(27)24-20(26)28/h4-7,18H,8-15H2,1-3H3,(H,23,29)(H,24,27,28). The Labute approximate surface area is 183 Å². The van der Waals surface area contributed by atoms with Crippen molar-refractivity contribution >= 4 is 23.7 Å². The summed E-state index contributed by atoms with van der Waals surface area (Å²) in [6.07, 6.45) is 1.87. The molecule has 0 bridgehead atoms. The zero-order valence-electron chi connectivity index (χ0n) is 18.5. The molecule has 2 saturated heterocycles. The molecule has 2 aliphatic heterocycles. The Morgan fingerprint density at radius 3 is 2.42 bits per heavy atom. The number of hydrogen-bond acceptors (Lipinski definition) is 6.